The lowest BCUT2D eigenvalue weighted by atomic mass is 9.99. The number of hydrogen-bond acceptors (Lipinski definition) is 4. The van der Waals surface area contributed by atoms with Crippen LogP contribution >= 0.6 is 0 Å². The molecule has 0 bridgehead atoms. The van der Waals surface area contributed by atoms with Crippen LogP contribution in [0.25, 0.3) is 0 Å². The molecule has 0 amide bonds. The summed E-state index contributed by atoms with van der Waals surface area (Å²) in [6.07, 6.45) is 1.08. The summed E-state index contributed by atoms with van der Waals surface area (Å²) in [6.45, 7) is 5.03. The summed E-state index contributed by atoms with van der Waals surface area (Å²) in [6, 6.07) is 6.37. The van der Waals surface area contributed by atoms with E-state index >= 15 is 0 Å². The molecule has 1 aromatic carbocycles. The van der Waals surface area contributed by atoms with E-state index in [9.17, 15) is 0 Å². The third-order valence-electron chi connectivity index (χ3n) is 3.27. The van der Waals surface area contributed by atoms with Crippen LogP contribution in [0.3, 0.4) is 0 Å². The molecular formula is C14H22N2O2. The molecule has 18 heavy (non-hydrogen) atoms. The molecule has 1 aliphatic heterocycles. The highest BCUT2D eigenvalue weighted by Gasteiger charge is 2.15. The zero-order chi connectivity index (χ0) is 12.8. The van der Waals surface area contributed by atoms with Crippen LogP contribution in [0.15, 0.2) is 18.2 Å². The Kier molecular flexibility index (Phi) is 4.99. The summed E-state index contributed by atoms with van der Waals surface area (Å²) < 4.78 is 10.6. The highest BCUT2D eigenvalue weighted by molar-refractivity contribution is 5.37. The lowest BCUT2D eigenvalue weighted by molar-refractivity contribution is 0.146. The minimum atomic E-state index is 0.606. The first kappa shape index (κ1) is 13.3. The molecule has 0 saturated carbocycles. The van der Waals surface area contributed by atoms with E-state index in [-0.39, 0.29) is 0 Å². The van der Waals surface area contributed by atoms with Crippen molar-refractivity contribution in [2.45, 2.75) is 13.0 Å². The van der Waals surface area contributed by atoms with Gasteiger partial charge in [0.05, 0.1) is 6.61 Å². The van der Waals surface area contributed by atoms with Gasteiger partial charge in [-0.25, -0.2) is 0 Å². The second kappa shape index (κ2) is 6.73. The van der Waals surface area contributed by atoms with E-state index in [1.54, 1.807) is 7.11 Å². The fourth-order valence-corrected chi connectivity index (χ4v) is 2.29. The molecule has 0 radical (unpaired) electrons. The first-order valence-corrected chi connectivity index (χ1v) is 6.49. The fraction of sp³-hybridized carbons (Fsp3) is 0.571. The molecule has 0 aromatic heterocycles. The molecule has 2 N–H and O–H groups in total. The molecule has 100 valence electrons. The molecular weight excluding hydrogens is 228 g/mol. The average molecular weight is 250 g/mol. The van der Waals surface area contributed by atoms with Gasteiger partial charge in [0.2, 0.25) is 0 Å². The zero-order valence-corrected chi connectivity index (χ0v) is 11.0. The molecule has 0 saturated heterocycles. The van der Waals surface area contributed by atoms with Crippen LogP contribution in [0.2, 0.25) is 0 Å². The topological polar surface area (TPSA) is 47.7 Å². The zero-order valence-electron chi connectivity index (χ0n) is 11.0. The standard InChI is InChI=1S/C14H22N2O2/c1-17-8-9-18-14-3-2-13-11-16(7-5-15)6-4-12(13)10-14/h2-3,10H,4-9,11,15H2,1H3. The number of benzene rings is 1. The van der Waals surface area contributed by atoms with Crippen molar-refractivity contribution in [3.63, 3.8) is 0 Å². The number of rotatable bonds is 6. The molecule has 1 aliphatic rings. The second-order valence-corrected chi connectivity index (χ2v) is 4.59. The normalized spacial score (nSPS) is 15.4. The van der Waals surface area contributed by atoms with Gasteiger partial charge in [0.15, 0.2) is 0 Å². The largest absolute Gasteiger partial charge is 0.491 e. The maximum absolute atomic E-state index is 5.63. The number of methoxy groups -OCH3 is 1. The number of fused-ring (bicyclic) bond motifs is 1. The van der Waals surface area contributed by atoms with E-state index in [1.807, 2.05) is 6.07 Å². The minimum Gasteiger partial charge on any atom is -0.491 e. The van der Waals surface area contributed by atoms with Crippen LogP contribution < -0.4 is 10.5 Å². The van der Waals surface area contributed by atoms with Crippen molar-refractivity contribution >= 4 is 0 Å². The summed E-state index contributed by atoms with van der Waals surface area (Å²) in [5, 5.41) is 0. The molecule has 1 aromatic rings. The fourth-order valence-electron chi connectivity index (χ4n) is 2.29. The van der Waals surface area contributed by atoms with Gasteiger partial charge >= 0.3 is 0 Å². The summed E-state index contributed by atoms with van der Waals surface area (Å²) in [5.74, 6) is 0.943. The van der Waals surface area contributed by atoms with E-state index in [0.29, 0.717) is 13.2 Å². The Morgan fingerprint density at radius 1 is 1.28 bits per heavy atom. The Morgan fingerprint density at radius 2 is 2.17 bits per heavy atom. The third-order valence-corrected chi connectivity index (χ3v) is 3.27. The molecule has 0 unspecified atom stereocenters. The van der Waals surface area contributed by atoms with Gasteiger partial charge in [0.25, 0.3) is 0 Å². The van der Waals surface area contributed by atoms with Crippen LogP contribution in [-0.4, -0.2) is 44.9 Å². The first-order chi connectivity index (χ1) is 8.83. The summed E-state index contributed by atoms with van der Waals surface area (Å²) in [5.41, 5.74) is 8.40. The van der Waals surface area contributed by atoms with Crippen molar-refractivity contribution in [2.24, 2.45) is 5.73 Å². The molecule has 4 heteroatoms. The quantitative estimate of drug-likeness (QED) is 0.766. The highest BCUT2D eigenvalue weighted by atomic mass is 16.5. The molecule has 1 heterocycles. The van der Waals surface area contributed by atoms with Crippen LogP contribution in [0.1, 0.15) is 11.1 Å². The van der Waals surface area contributed by atoms with Crippen LogP contribution in [0, 0.1) is 0 Å². The summed E-state index contributed by atoms with van der Waals surface area (Å²) in [7, 11) is 1.68. The molecule has 0 fully saturated rings. The Morgan fingerprint density at radius 3 is 2.94 bits per heavy atom. The molecule has 0 aliphatic carbocycles. The van der Waals surface area contributed by atoms with E-state index in [0.717, 1.165) is 38.3 Å². The third kappa shape index (κ3) is 3.45. The van der Waals surface area contributed by atoms with Gasteiger partial charge in [0.1, 0.15) is 12.4 Å². The Labute approximate surface area is 109 Å². The molecule has 0 spiro atoms. The lowest BCUT2D eigenvalue weighted by Gasteiger charge is -2.28. The predicted octanol–water partition coefficient (Wildman–Crippen LogP) is 1.03. The number of nitrogens with zero attached hydrogens (tertiary/aromatic N) is 1. The number of nitrogens with two attached hydrogens (primary N) is 1. The smallest absolute Gasteiger partial charge is 0.119 e. The molecule has 0 atom stereocenters. The van der Waals surface area contributed by atoms with E-state index in [4.69, 9.17) is 15.2 Å². The second-order valence-electron chi connectivity index (χ2n) is 4.59. The maximum atomic E-state index is 5.63. The van der Waals surface area contributed by atoms with Crippen molar-refractivity contribution < 1.29 is 9.47 Å². The SMILES string of the molecule is COCCOc1ccc2c(c1)CCN(CCN)C2. The number of hydrogen-bond donors (Lipinski definition) is 1. The van der Waals surface area contributed by atoms with E-state index in [2.05, 4.69) is 17.0 Å². The van der Waals surface area contributed by atoms with Crippen molar-refractivity contribution in [3.8, 4) is 5.75 Å². The van der Waals surface area contributed by atoms with Crippen LogP contribution in [0.5, 0.6) is 5.75 Å². The van der Waals surface area contributed by atoms with Crippen LogP contribution in [-0.2, 0) is 17.7 Å². The predicted molar refractivity (Wildman–Crippen MR) is 71.8 cm³/mol. The molecule has 2 rings (SSSR count). The van der Waals surface area contributed by atoms with Gasteiger partial charge in [-0.05, 0) is 29.7 Å². The lowest BCUT2D eigenvalue weighted by Crippen LogP contribution is -2.34. The Balaban J connectivity index is 1.96. The van der Waals surface area contributed by atoms with Crippen molar-refractivity contribution in [3.05, 3.63) is 29.3 Å². The summed E-state index contributed by atoms with van der Waals surface area (Å²) in [4.78, 5) is 2.40. The first-order valence-electron chi connectivity index (χ1n) is 6.49. The highest BCUT2D eigenvalue weighted by Crippen LogP contribution is 2.23. The van der Waals surface area contributed by atoms with Gasteiger partial charge in [-0.15, -0.1) is 0 Å². The average Bonchev–Trinajstić information content (AvgIpc) is 2.39. The maximum Gasteiger partial charge on any atom is 0.119 e. The van der Waals surface area contributed by atoms with Crippen molar-refractivity contribution in [1.82, 2.24) is 4.90 Å². The van der Waals surface area contributed by atoms with Crippen molar-refractivity contribution in [2.75, 3.05) is 40.0 Å². The number of ether oxygens (including phenoxy) is 2. The van der Waals surface area contributed by atoms with Gasteiger partial charge < -0.3 is 15.2 Å². The van der Waals surface area contributed by atoms with E-state index < -0.39 is 0 Å². The van der Waals surface area contributed by atoms with Gasteiger partial charge in [-0.3, -0.25) is 4.90 Å². The van der Waals surface area contributed by atoms with Gasteiger partial charge in [-0.2, -0.15) is 0 Å². The minimum absolute atomic E-state index is 0.606. The monoisotopic (exact) mass is 250 g/mol. The van der Waals surface area contributed by atoms with Crippen LogP contribution in [0.4, 0.5) is 0 Å². The van der Waals surface area contributed by atoms with Gasteiger partial charge in [-0.1, -0.05) is 6.07 Å². The molecule has 4 nitrogen and oxygen atoms in total. The Hall–Kier alpha value is -1.10. The summed E-state index contributed by atoms with van der Waals surface area (Å²) >= 11 is 0. The van der Waals surface area contributed by atoms with Crippen molar-refractivity contribution in [1.29, 1.82) is 0 Å². The van der Waals surface area contributed by atoms with Gasteiger partial charge in [0, 0.05) is 33.3 Å². The Bertz CT molecular complexity index is 382. The van der Waals surface area contributed by atoms with E-state index in [1.165, 1.54) is 11.1 Å².